The molecule has 4 nitrogen and oxygen atoms in total. The van der Waals surface area contributed by atoms with Gasteiger partial charge in [-0.3, -0.25) is 4.79 Å². The highest BCUT2D eigenvalue weighted by atomic mass is 16.5. The second-order valence-electron chi connectivity index (χ2n) is 4.32. The number of methoxy groups -OCH3 is 1. The molecule has 0 saturated carbocycles. The molecule has 0 aromatic rings. The molecule has 0 aromatic heterocycles. The molecule has 0 aromatic carbocycles. The van der Waals surface area contributed by atoms with Crippen LogP contribution in [-0.4, -0.2) is 37.9 Å². The maximum absolute atomic E-state index is 11.3. The highest BCUT2D eigenvalue weighted by Gasteiger charge is 2.13. The van der Waals surface area contributed by atoms with Crippen molar-refractivity contribution in [2.45, 2.75) is 39.3 Å². The first-order valence-electron chi connectivity index (χ1n) is 4.77. The highest BCUT2D eigenvalue weighted by molar-refractivity contribution is 5.77. The fraction of sp³-hybridized carbons (Fsp3) is 0.900. The lowest BCUT2D eigenvalue weighted by molar-refractivity contribution is -0.131. The Hall–Kier alpha value is -0.610. The van der Waals surface area contributed by atoms with Crippen molar-refractivity contribution in [3.05, 3.63) is 0 Å². The molecule has 0 rings (SSSR count). The van der Waals surface area contributed by atoms with Crippen molar-refractivity contribution in [3.8, 4) is 0 Å². The quantitative estimate of drug-likeness (QED) is 0.723. The average Bonchev–Trinajstić information content (AvgIpc) is 2.00. The van der Waals surface area contributed by atoms with E-state index in [1.165, 1.54) is 0 Å². The van der Waals surface area contributed by atoms with Crippen molar-refractivity contribution in [2.75, 3.05) is 20.3 Å². The van der Waals surface area contributed by atoms with Gasteiger partial charge in [0.15, 0.2) is 0 Å². The maximum Gasteiger partial charge on any atom is 0.246 e. The van der Waals surface area contributed by atoms with Gasteiger partial charge in [0.1, 0.15) is 6.61 Å². The minimum absolute atomic E-state index is 0.0241. The van der Waals surface area contributed by atoms with Gasteiger partial charge in [0.05, 0.1) is 12.2 Å². The number of hydrogen-bond acceptors (Lipinski definition) is 3. The van der Waals surface area contributed by atoms with E-state index in [4.69, 9.17) is 9.47 Å². The Bertz CT molecular complexity index is 175. The molecule has 84 valence electrons. The molecule has 0 saturated heterocycles. The number of amides is 1. The second-order valence-corrected chi connectivity index (χ2v) is 4.32. The SMILES string of the molecule is COCC(C)NC(=O)COC(C)(C)C. The van der Waals surface area contributed by atoms with Crippen LogP contribution in [0.25, 0.3) is 0 Å². The van der Waals surface area contributed by atoms with E-state index in [9.17, 15) is 4.79 Å². The van der Waals surface area contributed by atoms with Gasteiger partial charge in [-0.1, -0.05) is 0 Å². The molecule has 0 radical (unpaired) electrons. The number of rotatable bonds is 5. The standard InChI is InChI=1S/C10H21NO3/c1-8(6-13-5)11-9(12)7-14-10(2,3)4/h8H,6-7H2,1-5H3,(H,11,12). The smallest absolute Gasteiger partial charge is 0.246 e. The zero-order valence-corrected chi connectivity index (χ0v) is 9.72. The Morgan fingerprint density at radius 2 is 2.00 bits per heavy atom. The minimum Gasteiger partial charge on any atom is -0.383 e. The van der Waals surface area contributed by atoms with Crippen molar-refractivity contribution in [2.24, 2.45) is 0 Å². The number of hydrogen-bond donors (Lipinski definition) is 1. The van der Waals surface area contributed by atoms with E-state index < -0.39 is 0 Å². The molecule has 1 unspecified atom stereocenters. The molecule has 0 heterocycles. The molecule has 0 aliphatic carbocycles. The summed E-state index contributed by atoms with van der Waals surface area (Å²) < 4.78 is 10.2. The number of carbonyl (C=O) groups excluding carboxylic acids is 1. The highest BCUT2D eigenvalue weighted by Crippen LogP contribution is 2.05. The third-order valence-corrected chi connectivity index (χ3v) is 1.46. The Morgan fingerprint density at radius 3 is 2.43 bits per heavy atom. The van der Waals surface area contributed by atoms with Gasteiger partial charge in [0.25, 0.3) is 0 Å². The molecule has 1 amide bonds. The number of nitrogens with one attached hydrogen (secondary N) is 1. The number of carbonyl (C=O) groups is 1. The first kappa shape index (κ1) is 13.4. The summed E-state index contributed by atoms with van der Waals surface area (Å²) in [5.41, 5.74) is -0.276. The van der Waals surface area contributed by atoms with Gasteiger partial charge in [-0.15, -0.1) is 0 Å². The summed E-state index contributed by atoms with van der Waals surface area (Å²) in [6.45, 7) is 8.24. The summed E-state index contributed by atoms with van der Waals surface area (Å²) in [6, 6.07) is 0.0241. The lowest BCUT2D eigenvalue weighted by Crippen LogP contribution is -2.39. The van der Waals surface area contributed by atoms with Crippen LogP contribution in [0.5, 0.6) is 0 Å². The van der Waals surface area contributed by atoms with Gasteiger partial charge in [-0.2, -0.15) is 0 Å². The molecule has 14 heavy (non-hydrogen) atoms. The lowest BCUT2D eigenvalue weighted by Gasteiger charge is -2.20. The number of ether oxygens (including phenoxy) is 2. The van der Waals surface area contributed by atoms with Gasteiger partial charge in [-0.25, -0.2) is 0 Å². The van der Waals surface area contributed by atoms with Crippen LogP contribution < -0.4 is 5.32 Å². The van der Waals surface area contributed by atoms with E-state index >= 15 is 0 Å². The molecular formula is C10H21NO3. The third-order valence-electron chi connectivity index (χ3n) is 1.46. The maximum atomic E-state index is 11.3. The largest absolute Gasteiger partial charge is 0.383 e. The van der Waals surface area contributed by atoms with Gasteiger partial charge in [-0.05, 0) is 27.7 Å². The Balaban J connectivity index is 3.65. The van der Waals surface area contributed by atoms with E-state index in [1.54, 1.807) is 7.11 Å². The van der Waals surface area contributed by atoms with Crippen LogP contribution in [0.4, 0.5) is 0 Å². The summed E-state index contributed by atoms with van der Waals surface area (Å²) in [5.74, 6) is -0.107. The van der Waals surface area contributed by atoms with Crippen LogP contribution in [0.1, 0.15) is 27.7 Å². The van der Waals surface area contributed by atoms with Crippen LogP contribution in [0.3, 0.4) is 0 Å². The van der Waals surface area contributed by atoms with E-state index in [0.29, 0.717) is 6.61 Å². The van der Waals surface area contributed by atoms with Gasteiger partial charge < -0.3 is 14.8 Å². The van der Waals surface area contributed by atoms with E-state index in [2.05, 4.69) is 5.32 Å². The summed E-state index contributed by atoms with van der Waals surface area (Å²) in [4.78, 5) is 11.3. The van der Waals surface area contributed by atoms with Gasteiger partial charge in [0.2, 0.25) is 5.91 Å². The summed E-state index contributed by atoms with van der Waals surface area (Å²) in [7, 11) is 1.61. The topological polar surface area (TPSA) is 47.6 Å². The molecule has 4 heteroatoms. The molecule has 0 aliphatic heterocycles. The predicted molar refractivity (Wildman–Crippen MR) is 55.2 cm³/mol. The molecule has 1 atom stereocenters. The van der Waals surface area contributed by atoms with Crippen LogP contribution in [0.15, 0.2) is 0 Å². The van der Waals surface area contributed by atoms with Crippen molar-refractivity contribution < 1.29 is 14.3 Å². The van der Waals surface area contributed by atoms with Crippen molar-refractivity contribution in [3.63, 3.8) is 0 Å². The van der Waals surface area contributed by atoms with E-state index in [0.717, 1.165) is 0 Å². The van der Waals surface area contributed by atoms with Gasteiger partial charge >= 0.3 is 0 Å². The minimum atomic E-state index is -0.276. The Kier molecular flexibility index (Phi) is 5.72. The molecule has 1 N–H and O–H groups in total. The zero-order valence-electron chi connectivity index (χ0n) is 9.72. The third kappa shape index (κ3) is 8.01. The van der Waals surface area contributed by atoms with Crippen LogP contribution in [-0.2, 0) is 14.3 Å². The fourth-order valence-corrected chi connectivity index (χ4v) is 0.890. The second kappa shape index (κ2) is 5.98. The molecule has 0 spiro atoms. The van der Waals surface area contributed by atoms with Crippen molar-refractivity contribution in [1.82, 2.24) is 5.32 Å². The van der Waals surface area contributed by atoms with E-state index in [-0.39, 0.29) is 24.2 Å². The predicted octanol–water partition coefficient (Wildman–Crippen LogP) is 0.953. The summed E-state index contributed by atoms with van der Waals surface area (Å²) >= 11 is 0. The van der Waals surface area contributed by atoms with Crippen LogP contribution in [0.2, 0.25) is 0 Å². The monoisotopic (exact) mass is 203 g/mol. The summed E-state index contributed by atoms with van der Waals surface area (Å²) in [6.07, 6.45) is 0. The Morgan fingerprint density at radius 1 is 1.43 bits per heavy atom. The van der Waals surface area contributed by atoms with Crippen molar-refractivity contribution >= 4 is 5.91 Å². The first-order valence-corrected chi connectivity index (χ1v) is 4.77. The first-order chi connectivity index (χ1) is 6.35. The molecule has 0 bridgehead atoms. The van der Waals surface area contributed by atoms with Crippen molar-refractivity contribution in [1.29, 1.82) is 0 Å². The molecule has 0 aliphatic rings. The summed E-state index contributed by atoms with van der Waals surface area (Å²) in [5, 5.41) is 2.76. The van der Waals surface area contributed by atoms with Gasteiger partial charge in [0, 0.05) is 13.2 Å². The lowest BCUT2D eigenvalue weighted by atomic mass is 10.2. The fourth-order valence-electron chi connectivity index (χ4n) is 0.890. The molecule has 0 fully saturated rings. The van der Waals surface area contributed by atoms with Crippen LogP contribution >= 0.6 is 0 Å². The van der Waals surface area contributed by atoms with E-state index in [1.807, 2.05) is 27.7 Å². The average molecular weight is 203 g/mol. The zero-order chi connectivity index (χ0) is 11.2. The molecular weight excluding hydrogens is 182 g/mol. The van der Waals surface area contributed by atoms with Crippen LogP contribution in [0, 0.1) is 0 Å². The normalized spacial score (nSPS) is 13.8. The Labute approximate surface area is 86.0 Å².